The van der Waals surface area contributed by atoms with E-state index < -0.39 is 9.84 Å². The molecule has 1 fully saturated rings. The molecule has 0 amide bonds. The largest absolute Gasteiger partial charge is 0.387 e. The molecular weight excluding hydrogens is 226 g/mol. The first-order valence-corrected chi connectivity index (χ1v) is 7.53. The van der Waals surface area contributed by atoms with Crippen molar-refractivity contribution in [2.24, 2.45) is 11.7 Å². The van der Waals surface area contributed by atoms with Gasteiger partial charge < -0.3 is 10.6 Å². The third-order valence-electron chi connectivity index (χ3n) is 3.10. The van der Waals surface area contributed by atoms with Crippen molar-refractivity contribution < 1.29 is 8.42 Å². The highest BCUT2D eigenvalue weighted by molar-refractivity contribution is 7.91. The molecule has 1 aliphatic heterocycles. The van der Waals surface area contributed by atoms with Gasteiger partial charge in [0.05, 0.1) is 11.6 Å². The van der Waals surface area contributed by atoms with E-state index in [1.807, 2.05) is 0 Å². The first-order valence-electron chi connectivity index (χ1n) is 5.71. The summed E-state index contributed by atoms with van der Waals surface area (Å²) < 4.78 is 22.7. The topological polar surface area (TPSA) is 87.2 Å². The Balaban J connectivity index is 2.41. The Labute approximate surface area is 97.4 Å². The molecule has 0 spiro atoms. The van der Waals surface area contributed by atoms with Gasteiger partial charge in [0, 0.05) is 24.8 Å². The van der Waals surface area contributed by atoms with Crippen LogP contribution in [0, 0.1) is 11.3 Å². The number of hydrogen-bond acceptors (Lipinski definition) is 4. The summed E-state index contributed by atoms with van der Waals surface area (Å²) in [7, 11) is -2.88. The molecule has 1 heterocycles. The van der Waals surface area contributed by atoms with Crippen molar-refractivity contribution in [2.45, 2.75) is 19.8 Å². The zero-order chi connectivity index (χ0) is 12.2. The van der Waals surface area contributed by atoms with Crippen LogP contribution in [0.15, 0.2) is 0 Å². The zero-order valence-electron chi connectivity index (χ0n) is 9.78. The van der Waals surface area contributed by atoms with Crippen molar-refractivity contribution in [1.82, 2.24) is 4.90 Å². The van der Waals surface area contributed by atoms with E-state index in [9.17, 15) is 8.42 Å². The minimum atomic E-state index is -2.88. The van der Waals surface area contributed by atoms with Crippen LogP contribution in [-0.2, 0) is 9.84 Å². The number of piperidine rings is 1. The fraction of sp³-hybridized carbons (Fsp3) is 0.900. The van der Waals surface area contributed by atoms with E-state index in [1.165, 1.54) is 0 Å². The van der Waals surface area contributed by atoms with Gasteiger partial charge in [0.15, 0.2) is 9.84 Å². The van der Waals surface area contributed by atoms with Crippen molar-refractivity contribution >= 4 is 15.7 Å². The number of hydrogen-bond donors (Lipinski definition) is 2. The van der Waals surface area contributed by atoms with Crippen LogP contribution in [0.2, 0.25) is 0 Å². The predicted octanol–water partition coefficient (Wildman–Crippen LogP) is 0.0691. The highest BCUT2D eigenvalue weighted by Crippen LogP contribution is 2.15. The molecule has 6 heteroatoms. The molecule has 1 unspecified atom stereocenters. The Morgan fingerprint density at radius 2 is 2.25 bits per heavy atom. The van der Waals surface area contributed by atoms with E-state index in [1.54, 1.807) is 6.92 Å². The van der Waals surface area contributed by atoms with E-state index >= 15 is 0 Å². The second-order valence-electron chi connectivity index (χ2n) is 4.33. The number of nitrogens with two attached hydrogens (primary N) is 1. The summed E-state index contributed by atoms with van der Waals surface area (Å²) in [5.74, 6) is 0.756. The summed E-state index contributed by atoms with van der Waals surface area (Å²) in [6.07, 6.45) is 1.95. The average molecular weight is 247 g/mol. The summed E-state index contributed by atoms with van der Waals surface area (Å²) in [6, 6.07) is 0. The fourth-order valence-corrected chi connectivity index (χ4v) is 2.75. The van der Waals surface area contributed by atoms with Crippen LogP contribution in [0.1, 0.15) is 19.8 Å². The molecule has 1 atom stereocenters. The Bertz CT molecular complexity index is 340. The molecule has 16 heavy (non-hydrogen) atoms. The van der Waals surface area contributed by atoms with Crippen LogP contribution in [0.4, 0.5) is 0 Å². The van der Waals surface area contributed by atoms with Gasteiger partial charge in [-0.3, -0.25) is 5.41 Å². The second kappa shape index (κ2) is 5.63. The standard InChI is InChI=1S/C10H21N3O2S/c1-2-16(14,15)7-6-13-5-3-4-9(8-13)10(11)12/h9H,2-8H2,1H3,(H3,11,12). The van der Waals surface area contributed by atoms with Gasteiger partial charge in [-0.25, -0.2) is 8.42 Å². The van der Waals surface area contributed by atoms with Crippen molar-refractivity contribution in [3.63, 3.8) is 0 Å². The first kappa shape index (κ1) is 13.4. The third kappa shape index (κ3) is 4.09. The molecule has 0 aromatic carbocycles. The molecule has 1 saturated heterocycles. The minimum Gasteiger partial charge on any atom is -0.387 e. The number of nitrogens with zero attached hydrogens (tertiary/aromatic N) is 1. The van der Waals surface area contributed by atoms with Gasteiger partial charge >= 0.3 is 0 Å². The van der Waals surface area contributed by atoms with Gasteiger partial charge in [-0.2, -0.15) is 0 Å². The Hall–Kier alpha value is -0.620. The van der Waals surface area contributed by atoms with Crippen LogP contribution in [0.25, 0.3) is 0 Å². The second-order valence-corrected chi connectivity index (χ2v) is 6.80. The molecule has 0 saturated carbocycles. The molecule has 0 aromatic rings. The molecule has 1 rings (SSSR count). The highest BCUT2D eigenvalue weighted by Gasteiger charge is 2.22. The van der Waals surface area contributed by atoms with Crippen molar-refractivity contribution in [3.05, 3.63) is 0 Å². The van der Waals surface area contributed by atoms with Gasteiger partial charge in [0.2, 0.25) is 0 Å². The fourth-order valence-electron chi connectivity index (χ4n) is 1.93. The predicted molar refractivity (Wildman–Crippen MR) is 65.4 cm³/mol. The quantitative estimate of drug-likeness (QED) is 0.531. The van der Waals surface area contributed by atoms with Crippen LogP contribution in [0.5, 0.6) is 0 Å². The van der Waals surface area contributed by atoms with Gasteiger partial charge in [-0.1, -0.05) is 6.92 Å². The molecule has 0 bridgehead atoms. The summed E-state index contributed by atoms with van der Waals surface area (Å²) in [4.78, 5) is 2.10. The molecule has 3 N–H and O–H groups in total. The van der Waals surface area contributed by atoms with E-state index in [4.69, 9.17) is 11.1 Å². The van der Waals surface area contributed by atoms with Crippen LogP contribution >= 0.6 is 0 Å². The maximum absolute atomic E-state index is 11.4. The number of rotatable bonds is 5. The van der Waals surface area contributed by atoms with E-state index in [0.717, 1.165) is 25.9 Å². The maximum atomic E-state index is 11.4. The molecule has 0 aromatic heterocycles. The first-order chi connectivity index (χ1) is 7.44. The molecule has 0 aliphatic carbocycles. The number of likely N-dealkylation sites (tertiary alicyclic amines) is 1. The van der Waals surface area contributed by atoms with Gasteiger partial charge in [-0.15, -0.1) is 0 Å². The smallest absolute Gasteiger partial charge is 0.151 e. The molecule has 1 aliphatic rings. The van der Waals surface area contributed by atoms with E-state index in [-0.39, 0.29) is 23.3 Å². The van der Waals surface area contributed by atoms with Gasteiger partial charge in [0.1, 0.15) is 0 Å². The number of nitrogens with one attached hydrogen (secondary N) is 1. The van der Waals surface area contributed by atoms with Gasteiger partial charge in [-0.05, 0) is 19.4 Å². The normalized spacial score (nSPS) is 23.2. The lowest BCUT2D eigenvalue weighted by Crippen LogP contribution is -2.42. The summed E-state index contributed by atoms with van der Waals surface area (Å²) >= 11 is 0. The van der Waals surface area contributed by atoms with Crippen molar-refractivity contribution in [3.8, 4) is 0 Å². The summed E-state index contributed by atoms with van der Waals surface area (Å²) in [5, 5.41) is 7.40. The lowest BCUT2D eigenvalue weighted by Gasteiger charge is -2.31. The van der Waals surface area contributed by atoms with Crippen LogP contribution < -0.4 is 5.73 Å². The Kier molecular flexibility index (Phi) is 4.73. The SMILES string of the molecule is CCS(=O)(=O)CCN1CCCC(C(=N)N)C1. The Morgan fingerprint density at radius 3 is 2.81 bits per heavy atom. The molecular formula is C10H21N3O2S. The number of amidine groups is 1. The third-order valence-corrected chi connectivity index (χ3v) is 4.79. The van der Waals surface area contributed by atoms with Crippen molar-refractivity contribution in [2.75, 3.05) is 31.1 Å². The van der Waals surface area contributed by atoms with E-state index in [0.29, 0.717) is 6.54 Å². The molecule has 5 nitrogen and oxygen atoms in total. The highest BCUT2D eigenvalue weighted by atomic mass is 32.2. The van der Waals surface area contributed by atoms with Gasteiger partial charge in [0.25, 0.3) is 0 Å². The summed E-state index contributed by atoms with van der Waals surface area (Å²) in [5.41, 5.74) is 5.48. The van der Waals surface area contributed by atoms with Crippen LogP contribution in [-0.4, -0.2) is 50.3 Å². The maximum Gasteiger partial charge on any atom is 0.151 e. The molecule has 0 radical (unpaired) electrons. The average Bonchev–Trinajstić information content (AvgIpc) is 2.27. The number of sulfone groups is 1. The van der Waals surface area contributed by atoms with Crippen LogP contribution in [0.3, 0.4) is 0 Å². The monoisotopic (exact) mass is 247 g/mol. The van der Waals surface area contributed by atoms with Crippen molar-refractivity contribution in [1.29, 1.82) is 5.41 Å². The zero-order valence-corrected chi connectivity index (χ0v) is 10.6. The molecule has 94 valence electrons. The Morgan fingerprint density at radius 1 is 1.56 bits per heavy atom. The summed E-state index contributed by atoms with van der Waals surface area (Å²) in [6.45, 7) is 3.89. The lowest BCUT2D eigenvalue weighted by atomic mass is 9.97. The lowest BCUT2D eigenvalue weighted by molar-refractivity contribution is 0.214. The minimum absolute atomic E-state index is 0.109. The van der Waals surface area contributed by atoms with E-state index in [2.05, 4.69) is 4.90 Å².